The van der Waals surface area contributed by atoms with Crippen LogP contribution in [0.4, 0.5) is 0 Å². The van der Waals surface area contributed by atoms with E-state index in [4.69, 9.17) is 0 Å². The van der Waals surface area contributed by atoms with Crippen molar-refractivity contribution in [1.29, 1.82) is 0 Å². The Morgan fingerprint density at radius 3 is 2.90 bits per heavy atom. The predicted molar refractivity (Wildman–Crippen MR) is 75.9 cm³/mol. The zero-order chi connectivity index (χ0) is 14.8. The monoisotopic (exact) mass is 295 g/mol. The molecule has 0 spiro atoms. The van der Waals surface area contributed by atoms with Crippen LogP contribution in [-0.4, -0.2) is 31.9 Å². The van der Waals surface area contributed by atoms with Crippen LogP contribution in [0.15, 0.2) is 17.8 Å². The van der Waals surface area contributed by atoms with Gasteiger partial charge < -0.3 is 10.4 Å². The lowest BCUT2D eigenvalue weighted by atomic mass is 9.96. The van der Waals surface area contributed by atoms with Gasteiger partial charge in [0.1, 0.15) is 5.54 Å². The Bertz CT molecular complexity index is 605. The molecule has 0 aromatic carbocycles. The van der Waals surface area contributed by atoms with Gasteiger partial charge in [0.05, 0.1) is 12.1 Å². The maximum Gasteiger partial charge on any atom is 0.329 e. The quantitative estimate of drug-likeness (QED) is 0.849. The lowest BCUT2D eigenvalue weighted by Crippen LogP contribution is -2.52. The largest absolute Gasteiger partial charge is 0.480 e. The van der Waals surface area contributed by atoms with Crippen molar-refractivity contribution in [2.75, 3.05) is 0 Å². The third-order valence-electron chi connectivity index (χ3n) is 3.12. The second-order valence-electron chi connectivity index (χ2n) is 4.94. The lowest BCUT2D eigenvalue weighted by molar-refractivity contribution is -0.147. The van der Waals surface area contributed by atoms with Crippen molar-refractivity contribution < 1.29 is 14.7 Å². The molecule has 1 atom stereocenters. The molecule has 20 heavy (non-hydrogen) atoms. The Kier molecular flexibility index (Phi) is 4.08. The third-order valence-corrected chi connectivity index (χ3v) is 3.89. The molecule has 0 aliphatic rings. The summed E-state index contributed by atoms with van der Waals surface area (Å²) in [6.45, 7) is 3.42. The van der Waals surface area contributed by atoms with Crippen LogP contribution in [0.2, 0.25) is 0 Å². The smallest absolute Gasteiger partial charge is 0.329 e. The molecular weight excluding hydrogens is 278 g/mol. The number of amides is 1. The van der Waals surface area contributed by atoms with E-state index in [0.29, 0.717) is 18.5 Å². The maximum absolute atomic E-state index is 12.0. The average Bonchev–Trinajstić information content (AvgIpc) is 2.89. The number of imidazole rings is 1. The number of carbonyl (C=O) groups excluding carboxylic acids is 1. The number of aliphatic carboxylic acids is 1. The van der Waals surface area contributed by atoms with Gasteiger partial charge >= 0.3 is 5.97 Å². The molecular formula is C13H17N3O3S. The van der Waals surface area contributed by atoms with Crippen LogP contribution in [0.25, 0.3) is 4.96 Å². The first kappa shape index (κ1) is 14.5. The molecule has 0 fully saturated rings. The van der Waals surface area contributed by atoms with E-state index in [9.17, 15) is 14.7 Å². The molecule has 108 valence electrons. The molecule has 0 aliphatic heterocycles. The van der Waals surface area contributed by atoms with Gasteiger partial charge in [0.25, 0.3) is 0 Å². The number of hydrogen-bond donors (Lipinski definition) is 2. The van der Waals surface area contributed by atoms with E-state index in [0.717, 1.165) is 4.96 Å². The summed E-state index contributed by atoms with van der Waals surface area (Å²) >= 11 is 1.49. The second-order valence-corrected chi connectivity index (χ2v) is 5.81. The zero-order valence-electron chi connectivity index (χ0n) is 11.4. The number of nitrogens with zero attached hydrogens (tertiary/aromatic N) is 2. The average molecular weight is 295 g/mol. The summed E-state index contributed by atoms with van der Waals surface area (Å²) in [5.74, 6) is -1.34. The number of fused-ring (bicyclic) bond motifs is 1. The van der Waals surface area contributed by atoms with E-state index in [-0.39, 0.29) is 12.3 Å². The molecule has 7 heteroatoms. The van der Waals surface area contributed by atoms with E-state index >= 15 is 0 Å². The summed E-state index contributed by atoms with van der Waals surface area (Å²) in [4.78, 5) is 28.4. The molecule has 0 radical (unpaired) electrons. The first-order valence-corrected chi connectivity index (χ1v) is 7.28. The second kappa shape index (κ2) is 5.62. The summed E-state index contributed by atoms with van der Waals surface area (Å²) in [5.41, 5.74) is -0.582. The van der Waals surface area contributed by atoms with Crippen LogP contribution < -0.4 is 5.32 Å². The van der Waals surface area contributed by atoms with Gasteiger partial charge in [-0.15, -0.1) is 11.3 Å². The Labute approximate surface area is 120 Å². The summed E-state index contributed by atoms with van der Waals surface area (Å²) in [7, 11) is 0. The zero-order valence-corrected chi connectivity index (χ0v) is 12.2. The third kappa shape index (κ3) is 2.98. The minimum atomic E-state index is -1.22. The van der Waals surface area contributed by atoms with Crippen molar-refractivity contribution in [2.24, 2.45) is 0 Å². The van der Waals surface area contributed by atoms with Gasteiger partial charge in [0, 0.05) is 17.8 Å². The fourth-order valence-electron chi connectivity index (χ4n) is 2.10. The number of aromatic nitrogens is 2. The van der Waals surface area contributed by atoms with Crippen LogP contribution in [0.3, 0.4) is 0 Å². The highest BCUT2D eigenvalue weighted by Gasteiger charge is 2.33. The summed E-state index contributed by atoms with van der Waals surface area (Å²) in [6.07, 6.45) is 4.81. The number of nitrogens with one attached hydrogen (secondary N) is 1. The normalized spacial score (nSPS) is 14.1. The first-order chi connectivity index (χ1) is 9.44. The van der Waals surface area contributed by atoms with Gasteiger partial charge in [-0.1, -0.05) is 13.3 Å². The Morgan fingerprint density at radius 2 is 2.30 bits per heavy atom. The van der Waals surface area contributed by atoms with E-state index in [2.05, 4.69) is 10.3 Å². The SMILES string of the molecule is CCCC(C)(NC(=O)Cc1cn2ccsc2n1)C(=O)O. The molecule has 1 amide bonds. The van der Waals surface area contributed by atoms with Gasteiger partial charge in [0.15, 0.2) is 4.96 Å². The molecule has 2 aromatic rings. The van der Waals surface area contributed by atoms with Crippen LogP contribution in [-0.2, 0) is 16.0 Å². The lowest BCUT2D eigenvalue weighted by Gasteiger charge is -2.25. The highest BCUT2D eigenvalue weighted by molar-refractivity contribution is 7.15. The molecule has 2 heterocycles. The molecule has 2 aromatic heterocycles. The number of rotatable bonds is 6. The predicted octanol–water partition coefficient (Wildman–Crippen LogP) is 1.70. The van der Waals surface area contributed by atoms with Crippen LogP contribution in [0.1, 0.15) is 32.4 Å². The van der Waals surface area contributed by atoms with Crippen LogP contribution >= 0.6 is 11.3 Å². The minimum absolute atomic E-state index is 0.0843. The van der Waals surface area contributed by atoms with Gasteiger partial charge in [-0.25, -0.2) is 9.78 Å². The van der Waals surface area contributed by atoms with Crippen LogP contribution in [0, 0.1) is 0 Å². The maximum atomic E-state index is 12.0. The summed E-state index contributed by atoms with van der Waals surface area (Å²) < 4.78 is 1.84. The number of carboxylic acids is 1. The fraction of sp³-hybridized carbons (Fsp3) is 0.462. The number of hydrogen-bond acceptors (Lipinski definition) is 4. The van der Waals surface area contributed by atoms with E-state index in [1.165, 1.54) is 18.3 Å². The van der Waals surface area contributed by atoms with Gasteiger partial charge in [0.2, 0.25) is 5.91 Å². The highest BCUT2D eigenvalue weighted by Crippen LogP contribution is 2.14. The molecule has 0 saturated carbocycles. The Morgan fingerprint density at radius 1 is 1.55 bits per heavy atom. The fourth-order valence-corrected chi connectivity index (χ4v) is 2.82. The van der Waals surface area contributed by atoms with Crippen molar-refractivity contribution in [2.45, 2.75) is 38.6 Å². The number of carboxylic acid groups (broad SMARTS) is 1. The summed E-state index contributed by atoms with van der Waals surface area (Å²) in [6, 6.07) is 0. The highest BCUT2D eigenvalue weighted by atomic mass is 32.1. The molecule has 6 nitrogen and oxygen atoms in total. The van der Waals surface area contributed by atoms with E-state index in [1.54, 1.807) is 6.20 Å². The molecule has 0 bridgehead atoms. The Balaban J connectivity index is 2.04. The molecule has 0 saturated heterocycles. The Hall–Kier alpha value is -1.89. The number of carbonyl (C=O) groups is 2. The first-order valence-electron chi connectivity index (χ1n) is 6.40. The van der Waals surface area contributed by atoms with E-state index in [1.807, 2.05) is 22.9 Å². The van der Waals surface area contributed by atoms with Crippen molar-refractivity contribution in [3.05, 3.63) is 23.5 Å². The molecule has 2 rings (SSSR count). The topological polar surface area (TPSA) is 83.7 Å². The van der Waals surface area contributed by atoms with Crippen molar-refractivity contribution in [1.82, 2.24) is 14.7 Å². The minimum Gasteiger partial charge on any atom is -0.480 e. The molecule has 2 N–H and O–H groups in total. The van der Waals surface area contributed by atoms with Crippen molar-refractivity contribution >= 4 is 28.2 Å². The van der Waals surface area contributed by atoms with Crippen LogP contribution in [0.5, 0.6) is 0 Å². The summed E-state index contributed by atoms with van der Waals surface area (Å²) in [5, 5.41) is 13.7. The van der Waals surface area contributed by atoms with Gasteiger partial charge in [-0.05, 0) is 13.3 Å². The van der Waals surface area contributed by atoms with Gasteiger partial charge in [-0.3, -0.25) is 9.20 Å². The van der Waals surface area contributed by atoms with Crippen molar-refractivity contribution in [3.63, 3.8) is 0 Å². The molecule has 0 aliphatic carbocycles. The standard InChI is InChI=1S/C13H17N3O3S/c1-3-4-13(2,11(18)19)15-10(17)7-9-8-16-5-6-20-12(16)14-9/h5-6,8H,3-4,7H2,1-2H3,(H,15,17)(H,18,19). The van der Waals surface area contributed by atoms with Gasteiger partial charge in [-0.2, -0.15) is 0 Å². The van der Waals surface area contributed by atoms with Crippen molar-refractivity contribution in [3.8, 4) is 0 Å². The molecule has 1 unspecified atom stereocenters. The number of thiazole rings is 1. The van der Waals surface area contributed by atoms with E-state index < -0.39 is 11.5 Å².